The minimum Gasteiger partial charge on any atom is -0.333 e. The smallest absolute Gasteiger partial charge is 0.315 e. The Hall–Kier alpha value is -0.770. The average molecular weight is 143 g/mol. The molecule has 0 spiro atoms. The quantitative estimate of drug-likeness (QED) is 0.459. The minimum absolute atomic E-state index is 0.116. The molecule has 4 N–H and O–H groups in total. The van der Waals surface area contributed by atoms with Crippen LogP contribution in [0.15, 0.2) is 0 Å². The number of nitrogens with two attached hydrogens (primary N) is 1. The van der Waals surface area contributed by atoms with E-state index in [9.17, 15) is 4.79 Å². The molecule has 1 heterocycles. The van der Waals surface area contributed by atoms with Crippen LogP contribution in [-0.2, 0) is 0 Å². The number of carbonyl (C=O) groups is 1. The van der Waals surface area contributed by atoms with E-state index in [-0.39, 0.29) is 17.6 Å². The lowest BCUT2D eigenvalue weighted by atomic mass is 9.96. The summed E-state index contributed by atoms with van der Waals surface area (Å²) in [4.78, 5) is 10.8. The summed E-state index contributed by atoms with van der Waals surface area (Å²) >= 11 is 0. The van der Waals surface area contributed by atoms with Crippen LogP contribution in [0.2, 0.25) is 0 Å². The number of urea groups is 1. The molecule has 10 heavy (non-hydrogen) atoms. The Balaban J connectivity index is 2.70. The Morgan fingerprint density at radius 2 is 2.40 bits per heavy atom. The molecule has 1 rings (SSSR count). The highest BCUT2D eigenvalue weighted by molar-refractivity contribution is 5.78. The van der Waals surface area contributed by atoms with E-state index in [2.05, 4.69) is 10.6 Å². The van der Waals surface area contributed by atoms with E-state index >= 15 is 0 Å². The molecule has 1 aliphatic heterocycles. The summed E-state index contributed by atoms with van der Waals surface area (Å²) in [6.45, 7) is 4.33. The highest BCUT2D eigenvalue weighted by atomic mass is 16.2. The van der Waals surface area contributed by atoms with Gasteiger partial charge in [0.1, 0.15) is 0 Å². The van der Waals surface area contributed by atoms with Crippen LogP contribution in [0.25, 0.3) is 0 Å². The van der Waals surface area contributed by atoms with E-state index in [0.29, 0.717) is 6.54 Å². The molecule has 2 unspecified atom stereocenters. The maximum Gasteiger partial charge on any atom is 0.315 e. The molecule has 0 aliphatic carbocycles. The van der Waals surface area contributed by atoms with Crippen molar-refractivity contribution in [2.75, 3.05) is 6.54 Å². The Kier molecular flexibility index (Phi) is 1.56. The monoisotopic (exact) mass is 143 g/mol. The van der Waals surface area contributed by atoms with Crippen LogP contribution in [0.3, 0.4) is 0 Å². The lowest BCUT2D eigenvalue weighted by Crippen LogP contribution is -2.51. The molecular formula is C6H13N3O. The third kappa shape index (κ3) is 0.945. The van der Waals surface area contributed by atoms with Crippen LogP contribution < -0.4 is 16.4 Å². The fourth-order valence-electron chi connectivity index (χ4n) is 0.987. The summed E-state index contributed by atoms with van der Waals surface area (Å²) in [6.07, 6.45) is 0. The summed E-state index contributed by atoms with van der Waals surface area (Å²) in [5.41, 5.74) is 5.20. The van der Waals surface area contributed by atoms with Crippen molar-refractivity contribution < 1.29 is 4.79 Å². The zero-order valence-corrected chi connectivity index (χ0v) is 6.27. The predicted molar refractivity (Wildman–Crippen MR) is 38.6 cm³/mol. The molecule has 0 aromatic carbocycles. The van der Waals surface area contributed by atoms with E-state index in [0.717, 1.165) is 0 Å². The van der Waals surface area contributed by atoms with Gasteiger partial charge in [0, 0.05) is 6.54 Å². The van der Waals surface area contributed by atoms with E-state index in [1.807, 2.05) is 13.8 Å². The van der Waals surface area contributed by atoms with Crippen molar-refractivity contribution in [3.8, 4) is 0 Å². The summed E-state index contributed by atoms with van der Waals surface area (Å²) < 4.78 is 0. The predicted octanol–water partition coefficient (Wildman–Crippen LogP) is -0.595. The van der Waals surface area contributed by atoms with Crippen molar-refractivity contribution in [3.63, 3.8) is 0 Å². The van der Waals surface area contributed by atoms with Crippen LogP contribution in [0, 0.1) is 0 Å². The van der Waals surface area contributed by atoms with Crippen molar-refractivity contribution in [2.45, 2.75) is 25.4 Å². The number of amides is 2. The van der Waals surface area contributed by atoms with Gasteiger partial charge in [-0.25, -0.2) is 4.79 Å². The molecule has 0 radical (unpaired) electrons. The Morgan fingerprint density at radius 3 is 2.60 bits per heavy atom. The first kappa shape index (κ1) is 7.34. The van der Waals surface area contributed by atoms with Crippen LogP contribution >= 0.6 is 0 Å². The molecule has 0 aromatic heterocycles. The molecule has 58 valence electrons. The molecule has 0 aromatic rings. The van der Waals surface area contributed by atoms with Crippen molar-refractivity contribution in [1.82, 2.24) is 10.6 Å². The van der Waals surface area contributed by atoms with Gasteiger partial charge in [-0.2, -0.15) is 0 Å². The molecule has 4 nitrogen and oxygen atoms in total. The van der Waals surface area contributed by atoms with Gasteiger partial charge in [-0.05, 0) is 13.8 Å². The van der Waals surface area contributed by atoms with Crippen molar-refractivity contribution in [2.24, 2.45) is 5.73 Å². The lowest BCUT2D eigenvalue weighted by molar-refractivity contribution is 0.245. The number of nitrogens with one attached hydrogen (secondary N) is 2. The van der Waals surface area contributed by atoms with Crippen molar-refractivity contribution >= 4 is 6.03 Å². The van der Waals surface area contributed by atoms with Gasteiger partial charge < -0.3 is 16.4 Å². The van der Waals surface area contributed by atoms with Gasteiger partial charge in [0.2, 0.25) is 0 Å². The van der Waals surface area contributed by atoms with Gasteiger partial charge in [0.05, 0.1) is 11.6 Å². The minimum atomic E-state index is -0.267. The Bertz CT molecular complexity index is 159. The first-order valence-electron chi connectivity index (χ1n) is 3.37. The number of hydrogen-bond donors (Lipinski definition) is 3. The molecular weight excluding hydrogens is 130 g/mol. The average Bonchev–Trinajstić information content (AvgIpc) is 2.09. The zero-order chi connectivity index (χ0) is 7.78. The molecule has 0 bridgehead atoms. The summed E-state index contributed by atoms with van der Waals surface area (Å²) in [5.74, 6) is 0. The topological polar surface area (TPSA) is 67.2 Å². The SMILES string of the molecule is CC1NC(=O)NC1(C)CN. The highest BCUT2D eigenvalue weighted by Crippen LogP contribution is 2.12. The van der Waals surface area contributed by atoms with Crippen molar-refractivity contribution in [3.05, 3.63) is 0 Å². The standard InChI is InChI=1S/C6H13N3O/c1-4-6(2,3-7)9-5(10)8-4/h4H,3,7H2,1-2H3,(H2,8,9,10). The summed E-state index contributed by atoms with van der Waals surface area (Å²) in [7, 11) is 0. The second-order valence-electron chi connectivity index (χ2n) is 2.94. The number of carbonyl (C=O) groups excluding carboxylic acids is 1. The maximum atomic E-state index is 10.8. The molecule has 1 fully saturated rings. The number of rotatable bonds is 1. The fraction of sp³-hybridized carbons (Fsp3) is 0.833. The van der Waals surface area contributed by atoms with Crippen LogP contribution in [-0.4, -0.2) is 24.2 Å². The Morgan fingerprint density at radius 1 is 1.80 bits per heavy atom. The lowest BCUT2D eigenvalue weighted by Gasteiger charge is -2.25. The van der Waals surface area contributed by atoms with Crippen LogP contribution in [0.4, 0.5) is 4.79 Å². The first-order chi connectivity index (χ1) is 4.58. The van der Waals surface area contributed by atoms with Crippen molar-refractivity contribution in [1.29, 1.82) is 0 Å². The molecule has 2 amide bonds. The van der Waals surface area contributed by atoms with Crippen LogP contribution in [0.5, 0.6) is 0 Å². The second-order valence-corrected chi connectivity index (χ2v) is 2.94. The third-order valence-electron chi connectivity index (χ3n) is 2.13. The molecule has 4 heteroatoms. The van der Waals surface area contributed by atoms with Crippen LogP contribution in [0.1, 0.15) is 13.8 Å². The van der Waals surface area contributed by atoms with Gasteiger partial charge in [-0.3, -0.25) is 0 Å². The Labute approximate surface area is 60.2 Å². The van der Waals surface area contributed by atoms with E-state index < -0.39 is 0 Å². The fourth-order valence-corrected chi connectivity index (χ4v) is 0.987. The van der Waals surface area contributed by atoms with E-state index in [4.69, 9.17) is 5.73 Å². The molecule has 1 aliphatic rings. The third-order valence-corrected chi connectivity index (χ3v) is 2.13. The highest BCUT2D eigenvalue weighted by Gasteiger charge is 2.38. The van der Waals surface area contributed by atoms with Gasteiger partial charge >= 0.3 is 6.03 Å². The van der Waals surface area contributed by atoms with E-state index in [1.54, 1.807) is 0 Å². The van der Waals surface area contributed by atoms with Gasteiger partial charge in [0.25, 0.3) is 0 Å². The van der Waals surface area contributed by atoms with Gasteiger partial charge in [-0.15, -0.1) is 0 Å². The largest absolute Gasteiger partial charge is 0.333 e. The maximum absolute atomic E-state index is 10.8. The van der Waals surface area contributed by atoms with Gasteiger partial charge in [-0.1, -0.05) is 0 Å². The summed E-state index contributed by atoms with van der Waals surface area (Å²) in [5, 5.41) is 5.48. The second kappa shape index (κ2) is 2.12. The first-order valence-corrected chi connectivity index (χ1v) is 3.37. The molecule has 0 saturated carbocycles. The molecule has 2 atom stereocenters. The zero-order valence-electron chi connectivity index (χ0n) is 6.27. The number of hydrogen-bond acceptors (Lipinski definition) is 2. The summed E-state index contributed by atoms with van der Waals surface area (Å²) in [6, 6.07) is -0.00884. The normalized spacial score (nSPS) is 39.1. The van der Waals surface area contributed by atoms with E-state index in [1.165, 1.54) is 0 Å². The molecule has 1 saturated heterocycles. The van der Waals surface area contributed by atoms with Gasteiger partial charge in [0.15, 0.2) is 0 Å².